The molecule has 0 spiro atoms. The highest BCUT2D eigenvalue weighted by Gasteiger charge is 2.32. The summed E-state index contributed by atoms with van der Waals surface area (Å²) >= 11 is 0. The average Bonchev–Trinajstić information content (AvgIpc) is 3.38. The van der Waals surface area contributed by atoms with E-state index in [1.54, 1.807) is 7.11 Å². The van der Waals surface area contributed by atoms with Gasteiger partial charge in [0.2, 0.25) is 0 Å². The Kier molecular flexibility index (Phi) is 4.81. The number of nitrogens with one attached hydrogen (secondary N) is 1. The van der Waals surface area contributed by atoms with E-state index in [4.69, 9.17) is 4.74 Å². The molecular formula is C18H28N2O. The van der Waals surface area contributed by atoms with E-state index >= 15 is 0 Å². The molecule has 1 heterocycles. The van der Waals surface area contributed by atoms with Crippen molar-refractivity contribution in [2.45, 2.75) is 57.2 Å². The van der Waals surface area contributed by atoms with E-state index in [-0.39, 0.29) is 0 Å². The lowest BCUT2D eigenvalue weighted by molar-refractivity contribution is 0.182. The van der Waals surface area contributed by atoms with Crippen LogP contribution in [0.3, 0.4) is 0 Å². The van der Waals surface area contributed by atoms with Crippen molar-refractivity contribution in [3.05, 3.63) is 29.8 Å². The van der Waals surface area contributed by atoms with Crippen molar-refractivity contribution in [1.82, 2.24) is 10.2 Å². The van der Waals surface area contributed by atoms with Crippen molar-refractivity contribution in [2.75, 3.05) is 20.2 Å². The van der Waals surface area contributed by atoms with Gasteiger partial charge in [-0.1, -0.05) is 19.1 Å². The summed E-state index contributed by atoms with van der Waals surface area (Å²) in [7, 11) is 1.72. The number of hydrogen-bond acceptors (Lipinski definition) is 3. The van der Waals surface area contributed by atoms with Gasteiger partial charge in [-0.15, -0.1) is 0 Å². The largest absolute Gasteiger partial charge is 0.497 e. The second-order valence-electron chi connectivity index (χ2n) is 6.44. The van der Waals surface area contributed by atoms with Crippen LogP contribution in [-0.4, -0.2) is 37.2 Å². The Labute approximate surface area is 128 Å². The van der Waals surface area contributed by atoms with E-state index < -0.39 is 0 Å². The first-order valence-electron chi connectivity index (χ1n) is 8.44. The van der Waals surface area contributed by atoms with E-state index in [1.165, 1.54) is 44.3 Å². The van der Waals surface area contributed by atoms with Gasteiger partial charge in [-0.05, 0) is 62.9 Å². The molecule has 0 radical (unpaired) electrons. The van der Waals surface area contributed by atoms with Crippen molar-refractivity contribution < 1.29 is 4.74 Å². The highest BCUT2D eigenvalue weighted by Crippen LogP contribution is 2.30. The number of methoxy groups -OCH3 is 1. The normalized spacial score (nSPS) is 22.2. The van der Waals surface area contributed by atoms with Gasteiger partial charge in [-0.25, -0.2) is 0 Å². The van der Waals surface area contributed by atoms with Crippen LogP contribution >= 0.6 is 0 Å². The molecule has 2 fully saturated rings. The third-order valence-electron chi connectivity index (χ3n) is 4.96. The molecule has 0 amide bonds. The maximum absolute atomic E-state index is 5.25. The first kappa shape index (κ1) is 14.9. The first-order chi connectivity index (χ1) is 10.3. The van der Waals surface area contributed by atoms with Crippen LogP contribution in [-0.2, 0) is 0 Å². The molecule has 3 rings (SSSR count). The molecule has 1 aromatic carbocycles. The van der Waals surface area contributed by atoms with Crippen LogP contribution in [0.15, 0.2) is 24.3 Å². The Hall–Kier alpha value is -1.06. The minimum atomic E-state index is 0.466. The molecule has 1 saturated carbocycles. The Morgan fingerprint density at radius 1 is 1.14 bits per heavy atom. The lowest BCUT2D eigenvalue weighted by Crippen LogP contribution is -2.44. The van der Waals surface area contributed by atoms with Gasteiger partial charge in [0.05, 0.1) is 7.11 Å². The monoisotopic (exact) mass is 288 g/mol. The van der Waals surface area contributed by atoms with E-state index in [9.17, 15) is 0 Å². The summed E-state index contributed by atoms with van der Waals surface area (Å²) in [5.74, 6) is 0.936. The molecule has 0 bridgehead atoms. The maximum atomic E-state index is 5.25. The topological polar surface area (TPSA) is 24.5 Å². The molecule has 1 saturated heterocycles. The molecule has 3 nitrogen and oxygen atoms in total. The molecule has 1 aliphatic carbocycles. The molecule has 1 atom stereocenters. The number of rotatable bonds is 6. The van der Waals surface area contributed by atoms with E-state index in [2.05, 4.69) is 41.4 Å². The zero-order valence-electron chi connectivity index (χ0n) is 13.3. The van der Waals surface area contributed by atoms with Gasteiger partial charge < -0.3 is 15.0 Å². The third kappa shape index (κ3) is 3.78. The number of likely N-dealkylation sites (tertiary alicyclic amines) is 1. The zero-order chi connectivity index (χ0) is 14.7. The summed E-state index contributed by atoms with van der Waals surface area (Å²) in [5.41, 5.74) is 1.38. The number of piperidine rings is 1. The van der Waals surface area contributed by atoms with Crippen LogP contribution in [0.1, 0.15) is 50.6 Å². The quantitative estimate of drug-likeness (QED) is 0.868. The summed E-state index contributed by atoms with van der Waals surface area (Å²) in [6, 6.07) is 10.6. The molecule has 1 aromatic rings. The van der Waals surface area contributed by atoms with Gasteiger partial charge in [0.15, 0.2) is 0 Å². The lowest BCUT2D eigenvalue weighted by atomic mass is 9.99. The lowest BCUT2D eigenvalue weighted by Gasteiger charge is -2.34. The standard InChI is InChI=1S/C18H28N2O/c1-3-18(14-4-8-17(21-2)9-5-14)19-15-10-12-20(13-11-15)16-6-7-16/h4-5,8-9,15-16,18-19H,3,6-7,10-13H2,1-2H3. The summed E-state index contributed by atoms with van der Waals surface area (Å²) in [6.07, 6.45) is 6.59. The van der Waals surface area contributed by atoms with Crippen LogP contribution in [0, 0.1) is 0 Å². The molecule has 1 N–H and O–H groups in total. The number of benzene rings is 1. The first-order valence-corrected chi connectivity index (χ1v) is 8.44. The Morgan fingerprint density at radius 2 is 1.81 bits per heavy atom. The SMILES string of the molecule is CCC(NC1CCN(C2CC2)CC1)c1ccc(OC)cc1. The van der Waals surface area contributed by atoms with Gasteiger partial charge in [0.1, 0.15) is 5.75 Å². The van der Waals surface area contributed by atoms with Crippen molar-refractivity contribution in [3.63, 3.8) is 0 Å². The van der Waals surface area contributed by atoms with Gasteiger partial charge in [0.25, 0.3) is 0 Å². The molecule has 3 heteroatoms. The molecule has 0 aromatic heterocycles. The third-order valence-corrected chi connectivity index (χ3v) is 4.96. The summed E-state index contributed by atoms with van der Waals surface area (Å²) in [4.78, 5) is 2.69. The van der Waals surface area contributed by atoms with Crippen molar-refractivity contribution >= 4 is 0 Å². The number of ether oxygens (including phenoxy) is 1. The number of hydrogen-bond donors (Lipinski definition) is 1. The highest BCUT2D eigenvalue weighted by atomic mass is 16.5. The zero-order valence-corrected chi connectivity index (χ0v) is 13.3. The Morgan fingerprint density at radius 3 is 2.33 bits per heavy atom. The fourth-order valence-corrected chi connectivity index (χ4v) is 3.44. The van der Waals surface area contributed by atoms with Crippen LogP contribution in [0.2, 0.25) is 0 Å². The van der Waals surface area contributed by atoms with Gasteiger partial charge in [0, 0.05) is 18.1 Å². The average molecular weight is 288 g/mol. The minimum absolute atomic E-state index is 0.466. The summed E-state index contributed by atoms with van der Waals surface area (Å²) in [5, 5.41) is 3.87. The van der Waals surface area contributed by atoms with Gasteiger partial charge >= 0.3 is 0 Å². The van der Waals surface area contributed by atoms with Crippen molar-refractivity contribution in [2.24, 2.45) is 0 Å². The smallest absolute Gasteiger partial charge is 0.118 e. The fourth-order valence-electron chi connectivity index (χ4n) is 3.44. The predicted octanol–water partition coefficient (Wildman–Crippen LogP) is 3.36. The second-order valence-corrected chi connectivity index (χ2v) is 6.44. The number of nitrogens with zero attached hydrogens (tertiary/aromatic N) is 1. The van der Waals surface area contributed by atoms with Crippen molar-refractivity contribution in [1.29, 1.82) is 0 Å². The van der Waals surface area contributed by atoms with Crippen LogP contribution in [0.25, 0.3) is 0 Å². The second kappa shape index (κ2) is 6.80. The summed E-state index contributed by atoms with van der Waals surface area (Å²) in [6.45, 7) is 4.82. The van der Waals surface area contributed by atoms with E-state index in [0.717, 1.165) is 18.2 Å². The maximum Gasteiger partial charge on any atom is 0.118 e. The minimum Gasteiger partial charge on any atom is -0.497 e. The molecular weight excluding hydrogens is 260 g/mol. The predicted molar refractivity (Wildman–Crippen MR) is 86.8 cm³/mol. The van der Waals surface area contributed by atoms with Gasteiger partial charge in [-0.2, -0.15) is 0 Å². The molecule has 21 heavy (non-hydrogen) atoms. The van der Waals surface area contributed by atoms with Crippen LogP contribution < -0.4 is 10.1 Å². The summed E-state index contributed by atoms with van der Waals surface area (Å²) < 4.78 is 5.25. The van der Waals surface area contributed by atoms with Crippen molar-refractivity contribution in [3.8, 4) is 5.75 Å². The van der Waals surface area contributed by atoms with Gasteiger partial charge in [-0.3, -0.25) is 0 Å². The molecule has 2 aliphatic rings. The Bertz CT molecular complexity index is 433. The highest BCUT2D eigenvalue weighted by molar-refractivity contribution is 5.29. The molecule has 1 unspecified atom stereocenters. The Balaban J connectivity index is 1.53. The molecule has 1 aliphatic heterocycles. The van der Waals surface area contributed by atoms with E-state index in [0.29, 0.717) is 12.1 Å². The van der Waals surface area contributed by atoms with Crippen LogP contribution in [0.4, 0.5) is 0 Å². The van der Waals surface area contributed by atoms with Crippen LogP contribution in [0.5, 0.6) is 5.75 Å². The fraction of sp³-hybridized carbons (Fsp3) is 0.667. The van der Waals surface area contributed by atoms with E-state index in [1.807, 2.05) is 0 Å². The molecule has 116 valence electrons.